The lowest BCUT2D eigenvalue weighted by molar-refractivity contribution is -0.00981. The van der Waals surface area contributed by atoms with Gasteiger partial charge in [-0.2, -0.15) is 0 Å². The van der Waals surface area contributed by atoms with Crippen molar-refractivity contribution < 1.29 is 4.74 Å². The molecule has 1 heterocycles. The number of likely N-dealkylation sites (tertiary alicyclic amines) is 1. The molecule has 2 aliphatic rings. The Hall–Kier alpha value is -0.120. The molecule has 2 fully saturated rings. The molecule has 2 rings (SSSR count). The van der Waals surface area contributed by atoms with E-state index < -0.39 is 0 Å². The first kappa shape index (κ1) is 17.2. The molecular formula is C18H36N2O. The number of piperidine rings is 1. The lowest BCUT2D eigenvalue weighted by atomic mass is 9.79. The molecule has 0 aromatic carbocycles. The zero-order valence-corrected chi connectivity index (χ0v) is 14.4. The van der Waals surface area contributed by atoms with Gasteiger partial charge in [-0.15, -0.1) is 0 Å². The number of ether oxygens (including phenoxy) is 1. The lowest BCUT2D eigenvalue weighted by Gasteiger charge is -2.45. The summed E-state index contributed by atoms with van der Waals surface area (Å²) in [5, 5.41) is 3.83. The third-order valence-electron chi connectivity index (χ3n) is 5.51. The molecule has 0 radical (unpaired) electrons. The van der Waals surface area contributed by atoms with Crippen LogP contribution in [-0.4, -0.2) is 49.3 Å². The van der Waals surface area contributed by atoms with E-state index in [9.17, 15) is 0 Å². The maximum atomic E-state index is 5.81. The highest BCUT2D eigenvalue weighted by Crippen LogP contribution is 2.32. The van der Waals surface area contributed by atoms with Crippen molar-refractivity contribution in [1.29, 1.82) is 0 Å². The molecule has 124 valence electrons. The van der Waals surface area contributed by atoms with Gasteiger partial charge in [0.1, 0.15) is 0 Å². The summed E-state index contributed by atoms with van der Waals surface area (Å²) in [6.45, 7) is 11.3. The van der Waals surface area contributed by atoms with E-state index in [1.807, 2.05) is 0 Å². The Kier molecular flexibility index (Phi) is 7.48. The van der Waals surface area contributed by atoms with Crippen LogP contribution in [-0.2, 0) is 4.74 Å². The van der Waals surface area contributed by atoms with Crippen molar-refractivity contribution in [2.45, 2.75) is 83.9 Å². The maximum Gasteiger partial charge on any atom is 0.0599 e. The summed E-state index contributed by atoms with van der Waals surface area (Å²) < 4.78 is 5.81. The molecule has 0 aromatic rings. The molecular weight excluding hydrogens is 260 g/mol. The first-order chi connectivity index (χ1) is 10.3. The van der Waals surface area contributed by atoms with Crippen LogP contribution < -0.4 is 5.32 Å². The molecule has 3 nitrogen and oxygen atoms in total. The highest BCUT2D eigenvalue weighted by molar-refractivity contribution is 4.92. The number of nitrogens with one attached hydrogen (secondary N) is 1. The Balaban J connectivity index is 1.89. The first-order valence-corrected chi connectivity index (χ1v) is 9.37. The highest BCUT2D eigenvalue weighted by atomic mass is 16.5. The van der Waals surface area contributed by atoms with E-state index in [2.05, 4.69) is 31.0 Å². The maximum absolute atomic E-state index is 5.81. The van der Waals surface area contributed by atoms with Gasteiger partial charge in [0.25, 0.3) is 0 Å². The van der Waals surface area contributed by atoms with Gasteiger partial charge in [-0.25, -0.2) is 0 Å². The van der Waals surface area contributed by atoms with Crippen LogP contribution in [0.25, 0.3) is 0 Å². The van der Waals surface area contributed by atoms with Crippen LogP contribution >= 0.6 is 0 Å². The lowest BCUT2D eigenvalue weighted by Crippen LogP contribution is -2.55. The van der Waals surface area contributed by atoms with Gasteiger partial charge in [-0.05, 0) is 57.9 Å². The fourth-order valence-electron chi connectivity index (χ4n) is 4.18. The molecule has 3 unspecified atom stereocenters. The third kappa shape index (κ3) is 4.94. The van der Waals surface area contributed by atoms with Gasteiger partial charge in [0.15, 0.2) is 0 Å². The quantitative estimate of drug-likeness (QED) is 0.779. The van der Waals surface area contributed by atoms with E-state index in [0.717, 1.165) is 24.6 Å². The van der Waals surface area contributed by atoms with Crippen molar-refractivity contribution in [3.8, 4) is 0 Å². The summed E-state index contributed by atoms with van der Waals surface area (Å²) in [6, 6.07) is 1.48. The molecule has 1 aliphatic heterocycles. The summed E-state index contributed by atoms with van der Waals surface area (Å²) in [4.78, 5) is 2.77. The summed E-state index contributed by atoms with van der Waals surface area (Å²) in [7, 11) is 0. The number of hydrogen-bond acceptors (Lipinski definition) is 3. The van der Waals surface area contributed by atoms with Crippen LogP contribution in [0, 0.1) is 5.92 Å². The molecule has 0 bridgehead atoms. The van der Waals surface area contributed by atoms with Crippen molar-refractivity contribution in [3.63, 3.8) is 0 Å². The molecule has 0 amide bonds. The monoisotopic (exact) mass is 296 g/mol. The molecule has 3 atom stereocenters. The van der Waals surface area contributed by atoms with Gasteiger partial charge in [0, 0.05) is 31.8 Å². The largest absolute Gasteiger partial charge is 0.378 e. The minimum absolute atomic E-state index is 0.513. The Labute approximate surface area is 131 Å². The molecule has 1 aliphatic carbocycles. The van der Waals surface area contributed by atoms with Crippen molar-refractivity contribution in [3.05, 3.63) is 0 Å². The number of rotatable bonds is 7. The van der Waals surface area contributed by atoms with Crippen LogP contribution in [0.2, 0.25) is 0 Å². The summed E-state index contributed by atoms with van der Waals surface area (Å²) in [6.07, 6.45) is 9.75. The second-order valence-corrected chi connectivity index (χ2v) is 6.91. The predicted molar refractivity (Wildman–Crippen MR) is 89.7 cm³/mol. The highest BCUT2D eigenvalue weighted by Gasteiger charge is 2.35. The fourth-order valence-corrected chi connectivity index (χ4v) is 4.18. The van der Waals surface area contributed by atoms with Gasteiger partial charge in [-0.1, -0.05) is 20.3 Å². The van der Waals surface area contributed by atoms with Gasteiger partial charge in [-0.3, -0.25) is 4.90 Å². The van der Waals surface area contributed by atoms with Crippen molar-refractivity contribution in [2.24, 2.45) is 5.92 Å². The number of hydrogen-bond donors (Lipinski definition) is 1. The van der Waals surface area contributed by atoms with Crippen LogP contribution in [0.3, 0.4) is 0 Å². The fraction of sp³-hybridized carbons (Fsp3) is 1.00. The van der Waals surface area contributed by atoms with Crippen LogP contribution in [0.15, 0.2) is 0 Å². The first-order valence-electron chi connectivity index (χ1n) is 9.37. The normalized spacial score (nSPS) is 32.4. The second kappa shape index (κ2) is 9.12. The minimum atomic E-state index is 0.513. The van der Waals surface area contributed by atoms with E-state index in [4.69, 9.17) is 4.74 Å². The van der Waals surface area contributed by atoms with Crippen molar-refractivity contribution >= 4 is 0 Å². The van der Waals surface area contributed by atoms with E-state index in [-0.39, 0.29) is 0 Å². The predicted octanol–water partition coefficient (Wildman–Crippen LogP) is 3.43. The van der Waals surface area contributed by atoms with Gasteiger partial charge >= 0.3 is 0 Å². The number of nitrogens with zero attached hydrogens (tertiary/aromatic N) is 1. The van der Waals surface area contributed by atoms with E-state index in [1.165, 1.54) is 64.6 Å². The van der Waals surface area contributed by atoms with Crippen LogP contribution in [0.1, 0.15) is 65.7 Å². The Morgan fingerprint density at radius 2 is 1.81 bits per heavy atom. The van der Waals surface area contributed by atoms with Gasteiger partial charge in [0.05, 0.1) is 6.10 Å². The van der Waals surface area contributed by atoms with Crippen LogP contribution in [0.4, 0.5) is 0 Å². The van der Waals surface area contributed by atoms with E-state index >= 15 is 0 Å². The van der Waals surface area contributed by atoms with Crippen molar-refractivity contribution in [1.82, 2.24) is 10.2 Å². The topological polar surface area (TPSA) is 24.5 Å². The Morgan fingerprint density at radius 3 is 2.43 bits per heavy atom. The summed E-state index contributed by atoms with van der Waals surface area (Å²) >= 11 is 0. The average molecular weight is 296 g/mol. The Bertz CT molecular complexity index is 276. The van der Waals surface area contributed by atoms with Crippen molar-refractivity contribution in [2.75, 3.05) is 26.2 Å². The standard InChI is InChI=1S/C18H36N2O/c1-4-11-19-17-8-7-15(5-2)14-18(17)20-12-9-16(10-13-20)21-6-3/h15-19H,4-14H2,1-3H3. The molecule has 0 aromatic heterocycles. The molecule has 1 saturated heterocycles. The molecule has 1 N–H and O–H groups in total. The van der Waals surface area contributed by atoms with E-state index in [0.29, 0.717) is 6.10 Å². The average Bonchev–Trinajstić information content (AvgIpc) is 2.54. The molecule has 3 heteroatoms. The van der Waals surface area contributed by atoms with E-state index in [1.54, 1.807) is 0 Å². The zero-order chi connectivity index (χ0) is 15.1. The third-order valence-corrected chi connectivity index (χ3v) is 5.51. The summed E-state index contributed by atoms with van der Waals surface area (Å²) in [5.74, 6) is 0.944. The molecule has 1 saturated carbocycles. The second-order valence-electron chi connectivity index (χ2n) is 6.91. The smallest absolute Gasteiger partial charge is 0.0599 e. The molecule has 0 spiro atoms. The molecule has 21 heavy (non-hydrogen) atoms. The van der Waals surface area contributed by atoms with Gasteiger partial charge < -0.3 is 10.1 Å². The van der Waals surface area contributed by atoms with Gasteiger partial charge in [0.2, 0.25) is 0 Å². The SMILES string of the molecule is CCCNC1CCC(CC)CC1N1CCC(OCC)CC1. The zero-order valence-electron chi connectivity index (χ0n) is 14.4. The minimum Gasteiger partial charge on any atom is -0.378 e. The van der Waals surface area contributed by atoms with Crippen LogP contribution in [0.5, 0.6) is 0 Å². The Morgan fingerprint density at radius 1 is 1.05 bits per heavy atom. The summed E-state index contributed by atoms with van der Waals surface area (Å²) in [5.41, 5.74) is 0.